The molecule has 1 unspecified atom stereocenters. The van der Waals surface area contributed by atoms with Crippen molar-refractivity contribution in [2.45, 2.75) is 31.8 Å². The van der Waals surface area contributed by atoms with Crippen molar-refractivity contribution in [3.05, 3.63) is 16.3 Å². The summed E-state index contributed by atoms with van der Waals surface area (Å²) in [6.07, 6.45) is 2.32. The quantitative estimate of drug-likeness (QED) is 0.828. The zero-order chi connectivity index (χ0) is 10.7. The van der Waals surface area contributed by atoms with Crippen LogP contribution in [0.4, 0.5) is 5.69 Å². The summed E-state index contributed by atoms with van der Waals surface area (Å²) in [7, 11) is 0. The summed E-state index contributed by atoms with van der Waals surface area (Å²) in [5.41, 5.74) is 6.85. The van der Waals surface area contributed by atoms with Gasteiger partial charge in [-0.25, -0.2) is 0 Å². The number of nitrogens with one attached hydrogen (secondary N) is 1. The molecule has 0 amide bonds. The maximum Gasteiger partial charge on any atom is 0.0645 e. The Morgan fingerprint density at radius 2 is 2.53 bits per heavy atom. The minimum atomic E-state index is 0.120. The first kappa shape index (κ1) is 10.9. The maximum absolute atomic E-state index is 5.84. The molecule has 4 heteroatoms. The lowest BCUT2D eigenvalue weighted by molar-refractivity contribution is 0.0279. The van der Waals surface area contributed by atoms with Gasteiger partial charge in [0.1, 0.15) is 0 Å². The minimum absolute atomic E-state index is 0.120. The molecule has 15 heavy (non-hydrogen) atoms. The fraction of sp³-hybridized carbons (Fsp3) is 0.636. The van der Waals surface area contributed by atoms with Crippen molar-refractivity contribution in [3.8, 4) is 0 Å². The molecule has 1 aliphatic rings. The molecular formula is C11H18N2OS. The van der Waals surface area contributed by atoms with Crippen molar-refractivity contribution in [2.24, 2.45) is 0 Å². The highest BCUT2D eigenvalue weighted by Gasteiger charge is 2.26. The van der Waals surface area contributed by atoms with Crippen molar-refractivity contribution in [2.75, 3.05) is 18.9 Å². The summed E-state index contributed by atoms with van der Waals surface area (Å²) < 4.78 is 5.49. The summed E-state index contributed by atoms with van der Waals surface area (Å²) in [4.78, 5) is 1.22. The second-order valence-corrected chi connectivity index (χ2v) is 5.37. The number of hydrogen-bond donors (Lipinski definition) is 2. The molecule has 0 aliphatic carbocycles. The van der Waals surface area contributed by atoms with Crippen molar-refractivity contribution < 1.29 is 4.74 Å². The van der Waals surface area contributed by atoms with E-state index in [0.717, 1.165) is 31.9 Å². The van der Waals surface area contributed by atoms with E-state index in [1.165, 1.54) is 11.3 Å². The monoisotopic (exact) mass is 226 g/mol. The maximum atomic E-state index is 5.84. The molecule has 84 valence electrons. The van der Waals surface area contributed by atoms with Gasteiger partial charge in [0.25, 0.3) is 0 Å². The zero-order valence-electron chi connectivity index (χ0n) is 9.08. The molecule has 1 atom stereocenters. The van der Waals surface area contributed by atoms with Gasteiger partial charge in [-0.15, -0.1) is 11.3 Å². The Labute approximate surface area is 94.6 Å². The Hall–Kier alpha value is -0.580. The molecule has 0 saturated carbocycles. The molecule has 0 bridgehead atoms. The van der Waals surface area contributed by atoms with Crippen LogP contribution < -0.4 is 11.1 Å². The molecule has 2 heterocycles. The van der Waals surface area contributed by atoms with E-state index in [0.29, 0.717) is 0 Å². The Bertz CT molecular complexity index is 318. The van der Waals surface area contributed by atoms with Gasteiger partial charge in [-0.2, -0.15) is 0 Å². The van der Waals surface area contributed by atoms with Crippen molar-refractivity contribution in [3.63, 3.8) is 0 Å². The smallest absolute Gasteiger partial charge is 0.0645 e. The van der Waals surface area contributed by atoms with Gasteiger partial charge in [-0.05, 0) is 31.2 Å². The van der Waals surface area contributed by atoms with E-state index < -0.39 is 0 Å². The van der Waals surface area contributed by atoms with E-state index in [1.807, 2.05) is 11.4 Å². The van der Waals surface area contributed by atoms with Gasteiger partial charge < -0.3 is 15.8 Å². The minimum Gasteiger partial charge on any atom is -0.398 e. The lowest BCUT2D eigenvalue weighted by Crippen LogP contribution is -2.48. The number of rotatable bonds is 3. The molecule has 3 nitrogen and oxygen atoms in total. The highest BCUT2D eigenvalue weighted by atomic mass is 32.1. The van der Waals surface area contributed by atoms with E-state index >= 15 is 0 Å². The highest BCUT2D eigenvalue weighted by Crippen LogP contribution is 2.22. The van der Waals surface area contributed by atoms with Crippen LogP contribution in [0.5, 0.6) is 0 Å². The molecule has 1 aromatic rings. The summed E-state index contributed by atoms with van der Waals surface area (Å²) in [5, 5.41) is 5.58. The normalized spacial score (nSPS) is 26.7. The lowest BCUT2D eigenvalue weighted by Gasteiger charge is -2.34. The second-order valence-electron chi connectivity index (χ2n) is 4.37. The van der Waals surface area contributed by atoms with Crippen molar-refractivity contribution in [1.82, 2.24) is 5.32 Å². The van der Waals surface area contributed by atoms with Crippen molar-refractivity contribution >= 4 is 17.0 Å². The van der Waals surface area contributed by atoms with Gasteiger partial charge in [0, 0.05) is 29.3 Å². The van der Waals surface area contributed by atoms with E-state index in [9.17, 15) is 0 Å². The number of nitrogens with two attached hydrogens (primary N) is 1. The number of anilines is 1. The highest BCUT2D eigenvalue weighted by molar-refractivity contribution is 7.10. The van der Waals surface area contributed by atoms with Gasteiger partial charge in [-0.3, -0.25) is 0 Å². The fourth-order valence-electron chi connectivity index (χ4n) is 1.86. The summed E-state index contributed by atoms with van der Waals surface area (Å²) in [6, 6.07) is 1.96. The van der Waals surface area contributed by atoms with E-state index in [1.54, 1.807) is 11.3 Å². The molecule has 1 fully saturated rings. The van der Waals surface area contributed by atoms with Crippen LogP contribution in [0.3, 0.4) is 0 Å². The molecule has 3 N–H and O–H groups in total. The van der Waals surface area contributed by atoms with Crippen LogP contribution in [-0.2, 0) is 11.3 Å². The third-order valence-electron chi connectivity index (χ3n) is 2.89. The SMILES string of the molecule is CC1(NCc2sccc2N)CCCOC1. The predicted molar refractivity (Wildman–Crippen MR) is 64.0 cm³/mol. The average Bonchev–Trinajstić information content (AvgIpc) is 2.62. The summed E-state index contributed by atoms with van der Waals surface area (Å²) >= 11 is 1.71. The summed E-state index contributed by atoms with van der Waals surface area (Å²) in [5.74, 6) is 0. The van der Waals surface area contributed by atoms with Gasteiger partial charge >= 0.3 is 0 Å². The van der Waals surface area contributed by atoms with Gasteiger partial charge in [0.15, 0.2) is 0 Å². The Kier molecular flexibility index (Phi) is 3.29. The first-order valence-electron chi connectivity index (χ1n) is 5.34. The molecule has 0 radical (unpaired) electrons. The van der Waals surface area contributed by atoms with Crippen molar-refractivity contribution in [1.29, 1.82) is 0 Å². The third-order valence-corrected chi connectivity index (χ3v) is 3.83. The second kappa shape index (κ2) is 4.51. The van der Waals surface area contributed by atoms with Gasteiger partial charge in [-0.1, -0.05) is 0 Å². The molecule has 1 aliphatic heterocycles. The largest absolute Gasteiger partial charge is 0.398 e. The molecule has 0 spiro atoms. The van der Waals surface area contributed by atoms with Crippen LogP contribution in [0, 0.1) is 0 Å². The van der Waals surface area contributed by atoms with Crippen LogP contribution in [-0.4, -0.2) is 18.8 Å². The number of thiophene rings is 1. The average molecular weight is 226 g/mol. The van der Waals surface area contributed by atoms with Gasteiger partial charge in [0.2, 0.25) is 0 Å². The van der Waals surface area contributed by atoms with E-state index in [-0.39, 0.29) is 5.54 Å². The van der Waals surface area contributed by atoms with Crippen LogP contribution in [0.1, 0.15) is 24.6 Å². The van der Waals surface area contributed by atoms with Crippen LogP contribution >= 0.6 is 11.3 Å². The summed E-state index contributed by atoms with van der Waals surface area (Å²) in [6.45, 7) is 4.77. The topological polar surface area (TPSA) is 47.3 Å². The Balaban J connectivity index is 1.89. The number of nitrogen functional groups attached to an aromatic ring is 1. The zero-order valence-corrected chi connectivity index (χ0v) is 9.90. The lowest BCUT2D eigenvalue weighted by atomic mass is 9.95. The fourth-order valence-corrected chi connectivity index (χ4v) is 2.60. The Morgan fingerprint density at radius 1 is 1.67 bits per heavy atom. The van der Waals surface area contributed by atoms with Crippen LogP contribution in [0.15, 0.2) is 11.4 Å². The third kappa shape index (κ3) is 2.71. The number of ether oxygens (including phenoxy) is 1. The van der Waals surface area contributed by atoms with Crippen LogP contribution in [0.2, 0.25) is 0 Å². The first-order chi connectivity index (χ1) is 7.20. The van der Waals surface area contributed by atoms with Crippen LogP contribution in [0.25, 0.3) is 0 Å². The van der Waals surface area contributed by atoms with Gasteiger partial charge in [0.05, 0.1) is 6.61 Å². The molecule has 0 aromatic carbocycles. The number of hydrogen-bond acceptors (Lipinski definition) is 4. The van der Waals surface area contributed by atoms with E-state index in [2.05, 4.69) is 12.2 Å². The molecular weight excluding hydrogens is 208 g/mol. The van der Waals surface area contributed by atoms with E-state index in [4.69, 9.17) is 10.5 Å². The molecule has 2 rings (SSSR count). The first-order valence-corrected chi connectivity index (χ1v) is 6.22. The predicted octanol–water partition coefficient (Wildman–Crippen LogP) is 1.99. The molecule has 1 aromatic heterocycles. The Morgan fingerprint density at radius 3 is 3.13 bits per heavy atom. The standard InChI is InChI=1S/C11H18N2OS/c1-11(4-2-5-14-8-11)13-7-10-9(12)3-6-15-10/h3,6,13H,2,4-5,7-8,12H2,1H3. The molecule has 1 saturated heterocycles.